The first kappa shape index (κ1) is 28.7. The fourth-order valence-electron chi connectivity index (χ4n) is 6.41. The molecule has 7 heteroatoms. The summed E-state index contributed by atoms with van der Waals surface area (Å²) in [7, 11) is 0. The lowest BCUT2D eigenvalue weighted by atomic mass is 9.92. The van der Waals surface area contributed by atoms with Crippen molar-refractivity contribution in [2.75, 3.05) is 19.6 Å². The molecule has 1 saturated carbocycles. The van der Waals surface area contributed by atoms with Gasteiger partial charge in [0.15, 0.2) is 0 Å². The molecular formula is C35H38FN3O2S. The molecule has 0 bridgehead atoms. The molecule has 2 heterocycles. The van der Waals surface area contributed by atoms with Crippen LogP contribution in [0.5, 0.6) is 0 Å². The number of nitrogens with one attached hydrogen (secondary N) is 1. The molecular weight excluding hydrogens is 545 g/mol. The fraction of sp³-hybridized carbons (Fsp3) is 0.371. The molecule has 2 unspecified atom stereocenters. The van der Waals surface area contributed by atoms with Gasteiger partial charge in [0.25, 0.3) is 11.8 Å². The van der Waals surface area contributed by atoms with E-state index >= 15 is 0 Å². The van der Waals surface area contributed by atoms with Crippen LogP contribution >= 0.6 is 11.8 Å². The number of rotatable bonds is 8. The predicted octanol–water partition coefficient (Wildman–Crippen LogP) is 6.43. The summed E-state index contributed by atoms with van der Waals surface area (Å²) in [6.45, 7) is 3.92. The molecule has 0 spiro atoms. The van der Waals surface area contributed by atoms with Crippen molar-refractivity contribution in [1.82, 2.24) is 15.1 Å². The maximum atomic E-state index is 14.5. The highest BCUT2D eigenvalue weighted by molar-refractivity contribution is 8.04. The van der Waals surface area contributed by atoms with Crippen molar-refractivity contribution in [3.63, 3.8) is 0 Å². The Morgan fingerprint density at radius 3 is 2.57 bits per heavy atom. The minimum absolute atomic E-state index is 0.0367. The second kappa shape index (κ2) is 13.3. The highest BCUT2D eigenvalue weighted by Crippen LogP contribution is 2.42. The minimum Gasteiger partial charge on any atom is -0.352 e. The maximum absolute atomic E-state index is 14.5. The molecule has 218 valence electrons. The smallest absolute Gasteiger partial charge is 0.260 e. The Bertz CT molecular complexity index is 1460. The summed E-state index contributed by atoms with van der Waals surface area (Å²) in [6, 6.07) is 22.9. The van der Waals surface area contributed by atoms with Gasteiger partial charge in [-0.25, -0.2) is 4.39 Å². The van der Waals surface area contributed by atoms with Crippen LogP contribution < -0.4 is 5.32 Å². The van der Waals surface area contributed by atoms with Gasteiger partial charge in [-0.05, 0) is 66.6 Å². The zero-order valence-electron chi connectivity index (χ0n) is 23.9. The van der Waals surface area contributed by atoms with Crippen LogP contribution in [0.25, 0.3) is 6.08 Å². The van der Waals surface area contributed by atoms with Crippen LogP contribution in [-0.4, -0.2) is 52.5 Å². The predicted molar refractivity (Wildman–Crippen MR) is 167 cm³/mol. The molecule has 42 heavy (non-hydrogen) atoms. The van der Waals surface area contributed by atoms with Gasteiger partial charge in [-0.2, -0.15) is 0 Å². The number of carbonyl (C=O) groups excluding carboxylic acids is 2. The number of nitrogens with zero attached hydrogens (tertiary/aromatic N) is 2. The first-order valence-corrected chi connectivity index (χ1v) is 16.0. The third-order valence-corrected chi connectivity index (χ3v) is 10.1. The normalized spacial score (nSPS) is 21.6. The van der Waals surface area contributed by atoms with Gasteiger partial charge in [-0.1, -0.05) is 67.4 Å². The van der Waals surface area contributed by atoms with E-state index < -0.39 is 0 Å². The van der Waals surface area contributed by atoms with Crippen molar-refractivity contribution in [3.8, 4) is 0 Å². The number of halogens is 1. The van der Waals surface area contributed by atoms with Gasteiger partial charge >= 0.3 is 0 Å². The summed E-state index contributed by atoms with van der Waals surface area (Å²) >= 11 is 1.66. The van der Waals surface area contributed by atoms with Crippen LogP contribution in [0.3, 0.4) is 0 Å². The second-order valence-electron chi connectivity index (χ2n) is 11.6. The van der Waals surface area contributed by atoms with Crippen LogP contribution in [0.2, 0.25) is 0 Å². The quantitative estimate of drug-likeness (QED) is 0.245. The van der Waals surface area contributed by atoms with E-state index in [-0.39, 0.29) is 30.2 Å². The minimum atomic E-state index is -0.271. The highest BCUT2D eigenvalue weighted by Gasteiger charge is 2.40. The molecule has 3 aliphatic rings. The zero-order chi connectivity index (χ0) is 28.9. The second-order valence-corrected chi connectivity index (χ2v) is 12.8. The summed E-state index contributed by atoms with van der Waals surface area (Å²) in [5.74, 6) is -0.389. The fourth-order valence-corrected chi connectivity index (χ4v) is 7.88. The van der Waals surface area contributed by atoms with E-state index in [9.17, 15) is 14.0 Å². The average molecular weight is 584 g/mol. The van der Waals surface area contributed by atoms with Crippen molar-refractivity contribution in [1.29, 1.82) is 0 Å². The van der Waals surface area contributed by atoms with Crippen LogP contribution in [0, 0.1) is 5.82 Å². The summed E-state index contributed by atoms with van der Waals surface area (Å²) in [5, 5.41) is 3.37. The monoisotopic (exact) mass is 583 g/mol. The van der Waals surface area contributed by atoms with Gasteiger partial charge in [-0.3, -0.25) is 14.5 Å². The van der Waals surface area contributed by atoms with E-state index in [0.717, 1.165) is 63.7 Å². The average Bonchev–Trinajstić information content (AvgIpc) is 3.02. The molecule has 2 atom stereocenters. The Morgan fingerprint density at radius 2 is 1.74 bits per heavy atom. The number of carbonyl (C=O) groups is 2. The lowest BCUT2D eigenvalue weighted by molar-refractivity contribution is -0.130. The van der Waals surface area contributed by atoms with Crippen molar-refractivity contribution >= 4 is 29.7 Å². The highest BCUT2D eigenvalue weighted by atomic mass is 32.2. The van der Waals surface area contributed by atoms with Crippen molar-refractivity contribution in [2.45, 2.75) is 62.9 Å². The molecule has 6 rings (SSSR count). The standard InChI is InChI=1S/C35H38FN3O2S/c36-30-11-4-3-10-29(30)24-39-31-12-5-6-13-32(31)42-33(35(39)41)22-25-14-16-27(17-15-25)34(40)37-19-7-20-38-21-18-26-8-1-2-9-28(26)23-38/h1-4,8-11,14-17,22,31-32H,5-7,12-13,18-21,23-24H2,(H,37,40)/b33-22+. The van der Waals surface area contributed by atoms with Crippen molar-refractivity contribution in [2.24, 2.45) is 0 Å². The third-order valence-electron chi connectivity index (χ3n) is 8.73. The van der Waals surface area contributed by atoms with Gasteiger partial charge in [0, 0.05) is 55.1 Å². The molecule has 3 aromatic carbocycles. The van der Waals surface area contributed by atoms with Gasteiger partial charge in [0.1, 0.15) is 5.82 Å². The van der Waals surface area contributed by atoms with E-state index in [1.807, 2.05) is 41.3 Å². The molecule has 2 amide bonds. The van der Waals surface area contributed by atoms with Crippen LogP contribution in [-0.2, 0) is 24.3 Å². The van der Waals surface area contributed by atoms with E-state index in [0.29, 0.717) is 27.8 Å². The molecule has 0 radical (unpaired) electrons. The van der Waals surface area contributed by atoms with Gasteiger partial charge < -0.3 is 10.2 Å². The molecule has 1 N–H and O–H groups in total. The first-order chi connectivity index (χ1) is 20.5. The number of amides is 2. The van der Waals surface area contributed by atoms with E-state index in [4.69, 9.17) is 0 Å². The van der Waals surface area contributed by atoms with Crippen LogP contribution in [0.1, 0.15) is 64.7 Å². The molecule has 2 fully saturated rings. The van der Waals surface area contributed by atoms with Crippen LogP contribution in [0.4, 0.5) is 4.39 Å². The number of thioether (sulfide) groups is 1. The Morgan fingerprint density at radius 1 is 0.976 bits per heavy atom. The van der Waals surface area contributed by atoms with Gasteiger partial charge in [0.2, 0.25) is 0 Å². The van der Waals surface area contributed by atoms with E-state index in [2.05, 4.69) is 34.5 Å². The SMILES string of the molecule is O=C(NCCCN1CCc2ccccc2C1)c1ccc(/C=C2/SC3CCCCC3N(Cc3ccccc3F)C2=O)cc1. The molecule has 1 aliphatic carbocycles. The zero-order valence-corrected chi connectivity index (χ0v) is 24.8. The number of fused-ring (bicyclic) bond motifs is 2. The summed E-state index contributed by atoms with van der Waals surface area (Å²) in [4.78, 5) is 31.4. The lowest BCUT2D eigenvalue weighted by Gasteiger charge is -2.44. The van der Waals surface area contributed by atoms with Crippen molar-refractivity contribution in [3.05, 3.63) is 111 Å². The van der Waals surface area contributed by atoms with Gasteiger partial charge in [0.05, 0.1) is 4.91 Å². The maximum Gasteiger partial charge on any atom is 0.260 e. The van der Waals surface area contributed by atoms with Crippen molar-refractivity contribution < 1.29 is 14.0 Å². The molecule has 1 saturated heterocycles. The third kappa shape index (κ3) is 6.63. The van der Waals surface area contributed by atoms with E-state index in [1.165, 1.54) is 17.2 Å². The van der Waals surface area contributed by atoms with Crippen LogP contribution in [0.15, 0.2) is 77.7 Å². The number of hydrogen-bond acceptors (Lipinski definition) is 4. The number of benzene rings is 3. The van der Waals surface area contributed by atoms with E-state index in [1.54, 1.807) is 23.9 Å². The topological polar surface area (TPSA) is 52.7 Å². The molecule has 5 nitrogen and oxygen atoms in total. The largest absolute Gasteiger partial charge is 0.352 e. The Labute approximate surface area is 252 Å². The lowest BCUT2D eigenvalue weighted by Crippen LogP contribution is -2.50. The molecule has 3 aromatic rings. The number of hydrogen-bond donors (Lipinski definition) is 1. The van der Waals surface area contributed by atoms with Gasteiger partial charge in [-0.15, -0.1) is 11.8 Å². The molecule has 2 aliphatic heterocycles. The summed E-state index contributed by atoms with van der Waals surface area (Å²) < 4.78 is 14.5. The Hall–Kier alpha value is -3.42. The first-order valence-electron chi connectivity index (χ1n) is 15.2. The molecule has 0 aromatic heterocycles. The summed E-state index contributed by atoms with van der Waals surface area (Å²) in [6.07, 6.45) is 8.17. The summed E-state index contributed by atoms with van der Waals surface area (Å²) in [5.41, 5.74) is 4.91. The Balaban J connectivity index is 1.05. The Kier molecular flexibility index (Phi) is 9.06.